The van der Waals surface area contributed by atoms with Crippen LogP contribution in [0.25, 0.3) is 0 Å². The highest BCUT2D eigenvalue weighted by Gasteiger charge is 2.56. The molecule has 2 bridgehead atoms. The third-order valence-corrected chi connectivity index (χ3v) is 8.40. The Morgan fingerprint density at radius 2 is 1.68 bits per heavy atom. The summed E-state index contributed by atoms with van der Waals surface area (Å²) in [7, 11) is 0. The van der Waals surface area contributed by atoms with Gasteiger partial charge in [-0.05, 0) is 66.6 Å². The van der Waals surface area contributed by atoms with Gasteiger partial charge in [-0.25, -0.2) is 0 Å². The van der Waals surface area contributed by atoms with Crippen LogP contribution in [-0.2, 0) is 6.54 Å². The van der Waals surface area contributed by atoms with E-state index in [1.165, 1.54) is 44.1 Å². The summed E-state index contributed by atoms with van der Waals surface area (Å²) in [5, 5.41) is 12.0. The number of nitrogens with one attached hydrogen (secondary N) is 3. The maximum absolute atomic E-state index is 5.76. The second-order valence-electron chi connectivity index (χ2n) is 10.0. The van der Waals surface area contributed by atoms with Crippen LogP contribution >= 0.6 is 12.2 Å². The molecule has 0 amide bonds. The molecule has 5 rings (SSSR count). The van der Waals surface area contributed by atoms with Crippen LogP contribution in [0.5, 0.6) is 0 Å². The number of hydrogen-bond donors (Lipinski definition) is 3. The highest BCUT2D eigenvalue weighted by molar-refractivity contribution is 7.80. The molecule has 1 aromatic rings. The summed E-state index contributed by atoms with van der Waals surface area (Å²) >= 11 is 5.76. The normalized spacial score (nSPS) is 36.2. The van der Waals surface area contributed by atoms with Crippen molar-refractivity contribution in [3.05, 3.63) is 35.9 Å². The van der Waals surface area contributed by atoms with Crippen molar-refractivity contribution < 1.29 is 0 Å². The Morgan fingerprint density at radius 3 is 2.36 bits per heavy atom. The van der Waals surface area contributed by atoms with Crippen LogP contribution in [0.2, 0.25) is 0 Å². The van der Waals surface area contributed by atoms with E-state index in [0.717, 1.165) is 23.5 Å². The summed E-state index contributed by atoms with van der Waals surface area (Å²) in [4.78, 5) is 0. The topological polar surface area (TPSA) is 36.1 Å². The first-order valence-electron chi connectivity index (χ1n) is 11.3. The Balaban J connectivity index is 1.29. The molecule has 4 heteroatoms. The molecule has 4 saturated carbocycles. The van der Waals surface area contributed by atoms with Crippen LogP contribution in [0.15, 0.2) is 30.3 Å². The highest BCUT2D eigenvalue weighted by atomic mass is 32.1. The molecule has 0 aromatic heterocycles. The lowest BCUT2D eigenvalue weighted by atomic mass is 9.45. The number of hydrogen-bond acceptors (Lipinski definition) is 2. The van der Waals surface area contributed by atoms with Crippen molar-refractivity contribution in [1.29, 1.82) is 0 Å². The second kappa shape index (κ2) is 8.31. The SMILES string of the molecule is C[C@@H]1[C@H]2C[C@@H](C[C@H]1NC(=S)N[C@@H]1CCCC[C@H]1NCc1ccccc1)C2(C)C. The van der Waals surface area contributed by atoms with E-state index in [1.54, 1.807) is 0 Å². The molecule has 1 aromatic carbocycles. The standard InChI is InChI=1S/C24H37N3S/c1-16-19-13-18(24(19,2)3)14-22(16)27-23(28)26-21-12-8-7-11-20(21)25-15-17-9-5-4-6-10-17/h4-6,9-10,16,18-22,25H,7-8,11-15H2,1-3H3,(H2,26,27,28)/t16-,18+,19-,20-,21-,22-/m1/s1. The predicted molar refractivity (Wildman–Crippen MR) is 121 cm³/mol. The van der Waals surface area contributed by atoms with Gasteiger partial charge < -0.3 is 16.0 Å². The molecule has 0 spiro atoms. The second-order valence-corrected chi connectivity index (χ2v) is 10.5. The molecule has 3 nitrogen and oxygen atoms in total. The van der Waals surface area contributed by atoms with Crippen molar-refractivity contribution in [3.63, 3.8) is 0 Å². The quantitative estimate of drug-likeness (QED) is 0.631. The van der Waals surface area contributed by atoms with Gasteiger partial charge in [0, 0.05) is 24.7 Å². The van der Waals surface area contributed by atoms with Gasteiger partial charge in [0.2, 0.25) is 0 Å². The van der Waals surface area contributed by atoms with Crippen LogP contribution in [0.1, 0.15) is 64.9 Å². The summed E-state index contributed by atoms with van der Waals surface area (Å²) in [6, 6.07) is 12.2. The zero-order chi connectivity index (χ0) is 19.7. The Morgan fingerprint density at radius 1 is 1.00 bits per heavy atom. The predicted octanol–water partition coefficient (Wildman–Crippen LogP) is 4.62. The molecule has 0 heterocycles. The molecule has 4 aliphatic rings. The lowest BCUT2D eigenvalue weighted by Gasteiger charge is -2.62. The summed E-state index contributed by atoms with van der Waals surface area (Å²) in [6.45, 7) is 8.27. The third kappa shape index (κ3) is 4.09. The Kier molecular flexibility index (Phi) is 5.98. The van der Waals surface area contributed by atoms with Gasteiger partial charge in [0.05, 0.1) is 0 Å². The summed E-state index contributed by atoms with van der Waals surface area (Å²) < 4.78 is 0. The number of fused-ring (bicyclic) bond motifs is 2. The lowest BCUT2D eigenvalue weighted by molar-refractivity contribution is -0.112. The fourth-order valence-corrected chi connectivity index (χ4v) is 6.41. The molecule has 6 atom stereocenters. The summed E-state index contributed by atoms with van der Waals surface area (Å²) in [5.74, 6) is 2.42. The van der Waals surface area contributed by atoms with Gasteiger partial charge in [-0.3, -0.25) is 0 Å². The molecule has 4 aliphatic carbocycles. The molecular weight excluding hydrogens is 362 g/mol. The summed E-state index contributed by atoms with van der Waals surface area (Å²) in [6.07, 6.45) is 7.72. The molecule has 0 radical (unpaired) electrons. The molecule has 28 heavy (non-hydrogen) atoms. The molecular formula is C24H37N3S. The maximum atomic E-state index is 5.76. The van der Waals surface area contributed by atoms with Crippen molar-refractivity contribution in [2.75, 3.05) is 0 Å². The Bertz CT molecular complexity index is 674. The van der Waals surface area contributed by atoms with Crippen molar-refractivity contribution in [3.8, 4) is 0 Å². The lowest BCUT2D eigenvalue weighted by Crippen LogP contribution is -2.62. The fourth-order valence-electron chi connectivity index (χ4n) is 6.11. The van der Waals surface area contributed by atoms with E-state index in [0.29, 0.717) is 29.5 Å². The number of benzene rings is 1. The van der Waals surface area contributed by atoms with Crippen molar-refractivity contribution in [2.45, 2.75) is 84.0 Å². The first-order valence-corrected chi connectivity index (χ1v) is 11.7. The molecule has 0 aliphatic heterocycles. The largest absolute Gasteiger partial charge is 0.360 e. The van der Waals surface area contributed by atoms with Gasteiger partial charge in [0.1, 0.15) is 0 Å². The minimum Gasteiger partial charge on any atom is -0.360 e. The van der Waals surface area contributed by atoms with Crippen LogP contribution in [-0.4, -0.2) is 23.2 Å². The van der Waals surface area contributed by atoms with Crippen LogP contribution < -0.4 is 16.0 Å². The summed E-state index contributed by atoms with van der Waals surface area (Å²) in [5.41, 5.74) is 1.88. The minimum absolute atomic E-state index is 0.433. The molecule has 0 unspecified atom stereocenters. The fraction of sp³-hybridized carbons (Fsp3) is 0.708. The van der Waals surface area contributed by atoms with Gasteiger partial charge in [-0.15, -0.1) is 0 Å². The molecule has 3 N–H and O–H groups in total. The van der Waals surface area contributed by atoms with Gasteiger partial charge in [-0.1, -0.05) is 63.9 Å². The van der Waals surface area contributed by atoms with Crippen molar-refractivity contribution in [1.82, 2.24) is 16.0 Å². The average molecular weight is 400 g/mol. The van der Waals surface area contributed by atoms with E-state index < -0.39 is 0 Å². The van der Waals surface area contributed by atoms with Gasteiger partial charge >= 0.3 is 0 Å². The first kappa shape index (κ1) is 20.2. The zero-order valence-corrected chi connectivity index (χ0v) is 18.5. The van der Waals surface area contributed by atoms with E-state index in [9.17, 15) is 0 Å². The van der Waals surface area contributed by atoms with Crippen LogP contribution in [0.4, 0.5) is 0 Å². The van der Waals surface area contributed by atoms with Gasteiger partial charge in [0.15, 0.2) is 5.11 Å². The zero-order valence-electron chi connectivity index (χ0n) is 17.7. The Labute approximate surface area is 176 Å². The van der Waals surface area contributed by atoms with Crippen molar-refractivity contribution in [2.24, 2.45) is 23.2 Å². The van der Waals surface area contributed by atoms with E-state index in [-0.39, 0.29) is 0 Å². The smallest absolute Gasteiger partial charge is 0.166 e. The van der Waals surface area contributed by atoms with Crippen LogP contribution in [0, 0.1) is 23.2 Å². The van der Waals surface area contributed by atoms with E-state index in [4.69, 9.17) is 12.2 Å². The third-order valence-electron chi connectivity index (χ3n) is 8.16. The van der Waals surface area contributed by atoms with E-state index >= 15 is 0 Å². The molecule has 154 valence electrons. The first-order chi connectivity index (χ1) is 13.4. The molecule has 4 fully saturated rings. The monoisotopic (exact) mass is 399 g/mol. The van der Waals surface area contributed by atoms with Crippen LogP contribution in [0.3, 0.4) is 0 Å². The average Bonchev–Trinajstić information content (AvgIpc) is 2.69. The van der Waals surface area contributed by atoms with Gasteiger partial charge in [0.25, 0.3) is 0 Å². The minimum atomic E-state index is 0.433. The van der Waals surface area contributed by atoms with Crippen molar-refractivity contribution >= 4 is 17.3 Å². The molecule has 0 saturated heterocycles. The van der Waals surface area contributed by atoms with Gasteiger partial charge in [-0.2, -0.15) is 0 Å². The maximum Gasteiger partial charge on any atom is 0.166 e. The van der Waals surface area contributed by atoms with E-state index in [1.807, 2.05) is 0 Å². The Hall–Kier alpha value is -1.13. The number of rotatable bonds is 5. The number of thiocarbonyl (C=S) groups is 1. The van der Waals surface area contributed by atoms with E-state index in [2.05, 4.69) is 67.1 Å². The highest BCUT2D eigenvalue weighted by Crippen LogP contribution is 2.61.